The fraction of sp³-hybridized carbons (Fsp3) is 0.273. The third-order valence-electron chi connectivity index (χ3n) is 1.95. The average molecular weight is 191 g/mol. The molecule has 0 saturated heterocycles. The molecule has 0 aliphatic heterocycles. The van der Waals surface area contributed by atoms with Crippen molar-refractivity contribution in [1.29, 1.82) is 0 Å². The zero-order valence-electron chi connectivity index (χ0n) is 8.57. The van der Waals surface area contributed by atoms with Gasteiger partial charge in [0.05, 0.1) is 5.71 Å². The van der Waals surface area contributed by atoms with Crippen LogP contribution in [0.1, 0.15) is 18.1 Å². The van der Waals surface area contributed by atoms with Crippen LogP contribution in [0, 0.1) is 14.0 Å². The Morgan fingerprint density at radius 1 is 1.43 bits per heavy atom. The van der Waals surface area contributed by atoms with Crippen LogP contribution in [0.2, 0.25) is 0 Å². The van der Waals surface area contributed by atoms with E-state index in [1.165, 1.54) is 7.11 Å². The van der Waals surface area contributed by atoms with Gasteiger partial charge in [-0.1, -0.05) is 5.16 Å². The number of rotatable bonds is 3. The van der Waals surface area contributed by atoms with Crippen LogP contribution >= 0.6 is 0 Å². The highest BCUT2D eigenvalue weighted by atomic mass is 16.6. The van der Waals surface area contributed by atoms with Gasteiger partial charge < -0.3 is 9.57 Å². The Morgan fingerprint density at radius 3 is 2.64 bits per heavy atom. The third kappa shape index (κ3) is 2.25. The maximum Gasteiger partial charge on any atom is 0.180 e. The minimum absolute atomic E-state index is 0.666. The molecule has 0 aliphatic rings. The molecule has 0 fully saturated rings. The van der Waals surface area contributed by atoms with E-state index in [1.54, 1.807) is 6.07 Å². The number of benzene rings is 1. The number of hydrogen-bond acceptors (Lipinski definition) is 3. The largest absolute Gasteiger partial charge is 0.482 e. The van der Waals surface area contributed by atoms with Crippen LogP contribution in [0.15, 0.2) is 23.4 Å². The van der Waals surface area contributed by atoms with Crippen LogP contribution in [-0.2, 0) is 4.84 Å². The molecule has 0 heterocycles. The van der Waals surface area contributed by atoms with Crippen molar-refractivity contribution in [1.82, 2.24) is 0 Å². The second-order valence-electron chi connectivity index (χ2n) is 2.96. The lowest BCUT2D eigenvalue weighted by Gasteiger charge is -2.06. The molecule has 0 N–H and O–H groups in total. The molecule has 1 aromatic rings. The number of aryl methyl sites for hydroxylation is 1. The van der Waals surface area contributed by atoms with E-state index in [1.807, 2.05) is 26.0 Å². The SMILES string of the molecule is [CH]Oc1ccc(C(C)=NOC)cc1C. The molecule has 0 bridgehead atoms. The summed E-state index contributed by atoms with van der Waals surface area (Å²) in [4.78, 5) is 4.69. The summed E-state index contributed by atoms with van der Waals surface area (Å²) in [5.74, 6) is 0.666. The molecule has 0 amide bonds. The van der Waals surface area contributed by atoms with Crippen LogP contribution in [-0.4, -0.2) is 12.8 Å². The highest BCUT2D eigenvalue weighted by molar-refractivity contribution is 5.98. The summed E-state index contributed by atoms with van der Waals surface area (Å²) in [6.07, 6.45) is 0. The highest BCUT2D eigenvalue weighted by Gasteiger charge is 2.02. The second kappa shape index (κ2) is 4.65. The van der Waals surface area contributed by atoms with Gasteiger partial charge in [-0.25, -0.2) is 0 Å². The number of ether oxygens (including phenoxy) is 1. The lowest BCUT2D eigenvalue weighted by molar-refractivity contribution is 0.213. The average Bonchev–Trinajstić information content (AvgIpc) is 2.18. The van der Waals surface area contributed by atoms with Crippen molar-refractivity contribution >= 4 is 5.71 Å². The molecule has 14 heavy (non-hydrogen) atoms. The summed E-state index contributed by atoms with van der Waals surface area (Å²) in [5.41, 5.74) is 2.78. The molecule has 3 heteroatoms. The van der Waals surface area contributed by atoms with Crippen LogP contribution in [0.3, 0.4) is 0 Å². The van der Waals surface area contributed by atoms with E-state index in [-0.39, 0.29) is 0 Å². The molecule has 1 aromatic carbocycles. The van der Waals surface area contributed by atoms with E-state index in [0.717, 1.165) is 16.8 Å². The van der Waals surface area contributed by atoms with Crippen molar-refractivity contribution in [2.24, 2.45) is 5.16 Å². The number of hydrogen-bond donors (Lipinski definition) is 0. The van der Waals surface area contributed by atoms with Gasteiger partial charge in [-0.3, -0.25) is 0 Å². The molecule has 2 radical (unpaired) electrons. The van der Waals surface area contributed by atoms with Crippen molar-refractivity contribution in [3.05, 3.63) is 36.4 Å². The molecular weight excluding hydrogens is 178 g/mol. The van der Waals surface area contributed by atoms with E-state index in [2.05, 4.69) is 14.7 Å². The van der Waals surface area contributed by atoms with Gasteiger partial charge >= 0.3 is 0 Å². The molecule has 0 aliphatic carbocycles. The number of oxime groups is 1. The molecule has 3 nitrogen and oxygen atoms in total. The lowest BCUT2D eigenvalue weighted by Crippen LogP contribution is -1.96. The Hall–Kier alpha value is -1.51. The maximum atomic E-state index is 5.08. The van der Waals surface area contributed by atoms with E-state index in [0.29, 0.717) is 5.75 Å². The van der Waals surface area contributed by atoms with Gasteiger partial charge in [-0.05, 0) is 43.2 Å². The van der Waals surface area contributed by atoms with Crippen molar-refractivity contribution in [2.45, 2.75) is 13.8 Å². The minimum Gasteiger partial charge on any atom is -0.482 e. The van der Waals surface area contributed by atoms with Crippen LogP contribution < -0.4 is 4.74 Å². The Morgan fingerprint density at radius 2 is 2.14 bits per heavy atom. The summed E-state index contributed by atoms with van der Waals surface area (Å²) < 4.78 is 4.67. The van der Waals surface area contributed by atoms with Gasteiger partial charge in [-0.2, -0.15) is 0 Å². The molecule has 0 spiro atoms. The summed E-state index contributed by atoms with van der Waals surface area (Å²) >= 11 is 0. The molecule has 1 rings (SSSR count). The zero-order valence-corrected chi connectivity index (χ0v) is 8.57. The predicted molar refractivity (Wildman–Crippen MR) is 55.3 cm³/mol. The highest BCUT2D eigenvalue weighted by Crippen LogP contribution is 2.19. The summed E-state index contributed by atoms with van der Waals surface area (Å²) in [5, 5.41) is 3.84. The Balaban J connectivity index is 3.02. The lowest BCUT2D eigenvalue weighted by atomic mass is 10.1. The normalized spacial score (nSPS) is 11.3. The van der Waals surface area contributed by atoms with Crippen molar-refractivity contribution < 1.29 is 9.57 Å². The van der Waals surface area contributed by atoms with Gasteiger partial charge in [-0.15, -0.1) is 0 Å². The standard InChI is InChI=1S/C11H13NO2/c1-8-7-10(9(2)12-14-4)5-6-11(8)13-3/h3,5-7H,1-2,4H3. The Labute approximate surface area is 84.3 Å². The summed E-state index contributed by atoms with van der Waals surface area (Å²) in [7, 11) is 6.60. The number of nitrogens with zero attached hydrogens (tertiary/aromatic N) is 1. The van der Waals surface area contributed by atoms with Crippen molar-refractivity contribution in [2.75, 3.05) is 7.11 Å². The molecule has 0 unspecified atom stereocenters. The van der Waals surface area contributed by atoms with Gasteiger partial charge in [0.2, 0.25) is 0 Å². The Bertz CT molecular complexity index is 345. The first-order valence-corrected chi connectivity index (χ1v) is 4.24. The molecule has 0 aromatic heterocycles. The van der Waals surface area contributed by atoms with Crippen molar-refractivity contribution in [3.8, 4) is 5.75 Å². The predicted octanol–water partition coefficient (Wildman–Crippen LogP) is 2.41. The first kappa shape index (κ1) is 10.6. The van der Waals surface area contributed by atoms with E-state index >= 15 is 0 Å². The van der Waals surface area contributed by atoms with E-state index < -0.39 is 0 Å². The van der Waals surface area contributed by atoms with Gasteiger partial charge in [0.1, 0.15) is 12.9 Å². The maximum absolute atomic E-state index is 5.08. The van der Waals surface area contributed by atoms with Crippen LogP contribution in [0.25, 0.3) is 0 Å². The fourth-order valence-electron chi connectivity index (χ4n) is 1.20. The topological polar surface area (TPSA) is 30.8 Å². The first-order chi connectivity index (χ1) is 6.69. The monoisotopic (exact) mass is 191 g/mol. The van der Waals surface area contributed by atoms with E-state index in [9.17, 15) is 0 Å². The minimum atomic E-state index is 0.666. The van der Waals surface area contributed by atoms with Gasteiger partial charge in [0.15, 0.2) is 7.11 Å². The third-order valence-corrected chi connectivity index (χ3v) is 1.95. The van der Waals surface area contributed by atoms with Crippen LogP contribution in [0.5, 0.6) is 5.75 Å². The molecule has 0 atom stereocenters. The van der Waals surface area contributed by atoms with Gasteiger partial charge in [0.25, 0.3) is 0 Å². The molecular formula is C11H13NO2. The molecule has 74 valence electrons. The van der Waals surface area contributed by atoms with Crippen LogP contribution in [0.4, 0.5) is 0 Å². The smallest absolute Gasteiger partial charge is 0.180 e. The fourth-order valence-corrected chi connectivity index (χ4v) is 1.20. The summed E-state index contributed by atoms with van der Waals surface area (Å²) in [6.45, 7) is 3.80. The Kier molecular flexibility index (Phi) is 3.51. The van der Waals surface area contributed by atoms with E-state index in [4.69, 9.17) is 7.11 Å². The van der Waals surface area contributed by atoms with Crippen molar-refractivity contribution in [3.63, 3.8) is 0 Å². The first-order valence-electron chi connectivity index (χ1n) is 4.24. The summed E-state index contributed by atoms with van der Waals surface area (Å²) in [6, 6.07) is 5.63. The zero-order chi connectivity index (χ0) is 10.6. The van der Waals surface area contributed by atoms with Gasteiger partial charge in [0, 0.05) is 0 Å². The molecule has 0 saturated carbocycles. The second-order valence-corrected chi connectivity index (χ2v) is 2.96. The quantitative estimate of drug-likeness (QED) is 0.542.